The van der Waals surface area contributed by atoms with Gasteiger partial charge in [0.05, 0.1) is 24.5 Å². The van der Waals surface area contributed by atoms with Crippen LogP contribution in [-0.2, 0) is 15.9 Å². The van der Waals surface area contributed by atoms with E-state index in [2.05, 4.69) is 44.9 Å². The molecule has 2 saturated heterocycles. The number of rotatable bonds is 7. The van der Waals surface area contributed by atoms with Gasteiger partial charge in [-0.2, -0.15) is 0 Å². The number of piperidine rings is 1. The molecule has 2 aromatic rings. The number of benzene rings is 1. The fourth-order valence-corrected chi connectivity index (χ4v) is 5.05. The standard InChI is InChI=1S/C24H34N4O2S/c1-25-24(26-13-10-20-18-31-23(27-20)19-7-3-2-4-8-19)28-14-11-21(12-15-28)30-17-22-9-5-6-16-29-22/h2-4,7-8,18,21-22H,5-6,9-17H2,1H3,(H,25,26). The van der Waals surface area contributed by atoms with E-state index in [1.54, 1.807) is 11.3 Å². The molecule has 1 N–H and O–H groups in total. The third-order valence-electron chi connectivity index (χ3n) is 5.98. The lowest BCUT2D eigenvalue weighted by atomic mass is 10.1. The molecule has 2 aliphatic rings. The average Bonchev–Trinajstić information content (AvgIpc) is 3.31. The lowest BCUT2D eigenvalue weighted by Gasteiger charge is -2.35. The Labute approximate surface area is 189 Å². The summed E-state index contributed by atoms with van der Waals surface area (Å²) in [5.74, 6) is 0.979. The molecular weight excluding hydrogens is 408 g/mol. The molecule has 0 saturated carbocycles. The number of likely N-dealkylation sites (tertiary alicyclic amines) is 1. The summed E-state index contributed by atoms with van der Waals surface area (Å²) < 4.78 is 11.9. The van der Waals surface area contributed by atoms with Crippen LogP contribution in [0.15, 0.2) is 40.7 Å². The highest BCUT2D eigenvalue weighted by atomic mass is 32.1. The Kier molecular flexibility index (Phi) is 8.32. The molecule has 4 rings (SSSR count). The van der Waals surface area contributed by atoms with Crippen LogP contribution in [-0.4, -0.2) is 67.9 Å². The first-order chi connectivity index (χ1) is 15.3. The van der Waals surface area contributed by atoms with Crippen LogP contribution in [0.3, 0.4) is 0 Å². The Balaban J connectivity index is 1.17. The van der Waals surface area contributed by atoms with Crippen molar-refractivity contribution in [2.45, 2.75) is 50.7 Å². The van der Waals surface area contributed by atoms with Gasteiger partial charge in [-0.3, -0.25) is 4.99 Å². The van der Waals surface area contributed by atoms with Crippen molar-refractivity contribution in [2.24, 2.45) is 4.99 Å². The number of ether oxygens (including phenoxy) is 2. The van der Waals surface area contributed by atoms with E-state index < -0.39 is 0 Å². The van der Waals surface area contributed by atoms with Gasteiger partial charge >= 0.3 is 0 Å². The summed E-state index contributed by atoms with van der Waals surface area (Å²) in [6.45, 7) is 4.43. The van der Waals surface area contributed by atoms with E-state index in [-0.39, 0.29) is 0 Å². The average molecular weight is 443 g/mol. The number of thiazole rings is 1. The number of nitrogens with zero attached hydrogens (tertiary/aromatic N) is 3. The van der Waals surface area contributed by atoms with Crippen LogP contribution < -0.4 is 5.32 Å². The van der Waals surface area contributed by atoms with Crippen molar-refractivity contribution in [3.63, 3.8) is 0 Å². The largest absolute Gasteiger partial charge is 0.376 e. The number of aromatic nitrogens is 1. The van der Waals surface area contributed by atoms with Gasteiger partial charge in [0.15, 0.2) is 5.96 Å². The van der Waals surface area contributed by atoms with E-state index in [0.29, 0.717) is 12.2 Å². The summed E-state index contributed by atoms with van der Waals surface area (Å²) in [5.41, 5.74) is 2.31. The molecule has 0 amide bonds. The van der Waals surface area contributed by atoms with E-state index >= 15 is 0 Å². The number of hydrogen-bond donors (Lipinski definition) is 1. The number of aliphatic imine (C=N–C) groups is 1. The maximum atomic E-state index is 6.14. The molecule has 0 aliphatic carbocycles. The molecule has 1 atom stereocenters. The maximum absolute atomic E-state index is 6.14. The molecule has 31 heavy (non-hydrogen) atoms. The molecule has 0 bridgehead atoms. The molecule has 1 aromatic carbocycles. The highest BCUT2D eigenvalue weighted by molar-refractivity contribution is 7.13. The fourth-order valence-electron chi connectivity index (χ4n) is 4.19. The molecule has 1 unspecified atom stereocenters. The van der Waals surface area contributed by atoms with Crippen LogP contribution in [0.4, 0.5) is 0 Å². The first-order valence-corrected chi connectivity index (χ1v) is 12.4. The zero-order chi connectivity index (χ0) is 21.3. The number of hydrogen-bond acceptors (Lipinski definition) is 5. The van der Waals surface area contributed by atoms with Crippen LogP contribution in [0.25, 0.3) is 10.6 Å². The molecular formula is C24H34N4O2S. The Bertz CT molecular complexity index is 812. The molecule has 6 nitrogen and oxygen atoms in total. The Morgan fingerprint density at radius 3 is 2.81 bits per heavy atom. The highest BCUT2D eigenvalue weighted by Gasteiger charge is 2.23. The minimum Gasteiger partial charge on any atom is -0.376 e. The maximum Gasteiger partial charge on any atom is 0.193 e. The zero-order valence-corrected chi connectivity index (χ0v) is 19.3. The van der Waals surface area contributed by atoms with Gasteiger partial charge in [-0.1, -0.05) is 30.3 Å². The van der Waals surface area contributed by atoms with Gasteiger partial charge in [-0.05, 0) is 32.1 Å². The minimum absolute atomic E-state index is 0.300. The second-order valence-electron chi connectivity index (χ2n) is 8.24. The molecule has 0 spiro atoms. The SMILES string of the molecule is CN=C(NCCc1csc(-c2ccccc2)n1)N1CCC(OCC2CCCCO2)CC1. The molecule has 0 radical (unpaired) electrons. The Hall–Kier alpha value is -1.96. The predicted octanol–water partition coefficient (Wildman–Crippen LogP) is 3.98. The van der Waals surface area contributed by atoms with E-state index in [0.717, 1.165) is 75.2 Å². The number of guanidine groups is 1. The van der Waals surface area contributed by atoms with Crippen molar-refractivity contribution in [1.29, 1.82) is 0 Å². The van der Waals surface area contributed by atoms with Crippen molar-refractivity contribution >= 4 is 17.3 Å². The van der Waals surface area contributed by atoms with Crippen molar-refractivity contribution in [3.8, 4) is 10.6 Å². The Morgan fingerprint density at radius 1 is 1.23 bits per heavy atom. The van der Waals surface area contributed by atoms with Crippen LogP contribution in [0.2, 0.25) is 0 Å². The first-order valence-electron chi connectivity index (χ1n) is 11.5. The lowest BCUT2D eigenvalue weighted by molar-refractivity contribution is -0.0721. The van der Waals surface area contributed by atoms with Gasteiger partial charge in [0.25, 0.3) is 0 Å². The summed E-state index contributed by atoms with van der Waals surface area (Å²) >= 11 is 1.71. The molecule has 7 heteroatoms. The number of nitrogens with one attached hydrogen (secondary N) is 1. The quantitative estimate of drug-likeness (QED) is 0.519. The lowest BCUT2D eigenvalue weighted by Crippen LogP contribution is -2.47. The van der Waals surface area contributed by atoms with Gasteiger partial charge in [0.1, 0.15) is 5.01 Å². The van der Waals surface area contributed by atoms with Gasteiger partial charge in [-0.25, -0.2) is 4.98 Å². The van der Waals surface area contributed by atoms with Crippen molar-refractivity contribution in [3.05, 3.63) is 41.4 Å². The van der Waals surface area contributed by atoms with Gasteiger partial charge < -0.3 is 19.7 Å². The molecule has 3 heterocycles. The first kappa shape index (κ1) is 22.2. The molecule has 2 fully saturated rings. The van der Waals surface area contributed by atoms with Crippen molar-refractivity contribution in [1.82, 2.24) is 15.2 Å². The van der Waals surface area contributed by atoms with Crippen molar-refractivity contribution < 1.29 is 9.47 Å². The summed E-state index contributed by atoms with van der Waals surface area (Å²) in [4.78, 5) is 11.6. The highest BCUT2D eigenvalue weighted by Crippen LogP contribution is 2.23. The fraction of sp³-hybridized carbons (Fsp3) is 0.583. The molecule has 168 valence electrons. The third kappa shape index (κ3) is 6.51. The van der Waals surface area contributed by atoms with E-state index in [4.69, 9.17) is 14.5 Å². The van der Waals surface area contributed by atoms with Crippen LogP contribution in [0.1, 0.15) is 37.8 Å². The van der Waals surface area contributed by atoms with E-state index in [1.165, 1.54) is 18.4 Å². The molecule has 2 aliphatic heterocycles. The zero-order valence-electron chi connectivity index (χ0n) is 18.5. The van der Waals surface area contributed by atoms with E-state index in [1.807, 2.05) is 13.1 Å². The topological polar surface area (TPSA) is 59.0 Å². The Morgan fingerprint density at radius 2 is 2.06 bits per heavy atom. The second-order valence-corrected chi connectivity index (χ2v) is 9.10. The van der Waals surface area contributed by atoms with Crippen molar-refractivity contribution in [2.75, 3.05) is 39.9 Å². The normalized spacial score (nSPS) is 20.7. The monoisotopic (exact) mass is 442 g/mol. The predicted molar refractivity (Wildman–Crippen MR) is 127 cm³/mol. The van der Waals surface area contributed by atoms with Gasteiger partial charge in [-0.15, -0.1) is 11.3 Å². The van der Waals surface area contributed by atoms with Crippen LogP contribution in [0.5, 0.6) is 0 Å². The second kappa shape index (κ2) is 11.6. The minimum atomic E-state index is 0.300. The summed E-state index contributed by atoms with van der Waals surface area (Å²) in [6, 6.07) is 10.4. The summed E-state index contributed by atoms with van der Waals surface area (Å²) in [6.07, 6.45) is 7.21. The summed E-state index contributed by atoms with van der Waals surface area (Å²) in [5, 5.41) is 6.76. The van der Waals surface area contributed by atoms with E-state index in [9.17, 15) is 0 Å². The van der Waals surface area contributed by atoms with Gasteiger partial charge in [0.2, 0.25) is 0 Å². The van der Waals surface area contributed by atoms with Crippen LogP contribution in [0, 0.1) is 0 Å². The third-order valence-corrected chi connectivity index (χ3v) is 6.92. The summed E-state index contributed by atoms with van der Waals surface area (Å²) in [7, 11) is 1.86. The van der Waals surface area contributed by atoms with Gasteiger partial charge in [0, 0.05) is 50.7 Å². The molecule has 1 aromatic heterocycles. The van der Waals surface area contributed by atoms with Crippen LogP contribution >= 0.6 is 11.3 Å². The smallest absolute Gasteiger partial charge is 0.193 e.